The van der Waals surface area contributed by atoms with Crippen LogP contribution >= 0.6 is 0 Å². The fraction of sp³-hybridized carbons (Fsp3) is 0.167. The standard InChI is InChI=1S/C6H8BNO3/c1-5-3-2-4-6(8-5)7(9)11-10/h2-4,9-10H,1H3. The summed E-state index contributed by atoms with van der Waals surface area (Å²) in [6.07, 6.45) is 0. The smallest absolute Gasteiger partial charge is 0.421 e. The van der Waals surface area contributed by atoms with Crippen LogP contribution in [0.1, 0.15) is 5.69 Å². The minimum absolute atomic E-state index is 0.299. The van der Waals surface area contributed by atoms with Crippen molar-refractivity contribution in [1.29, 1.82) is 0 Å². The van der Waals surface area contributed by atoms with E-state index in [1.165, 1.54) is 0 Å². The molecule has 0 aromatic carbocycles. The summed E-state index contributed by atoms with van der Waals surface area (Å²) in [4.78, 5) is 7.59. The van der Waals surface area contributed by atoms with Crippen molar-refractivity contribution in [2.45, 2.75) is 6.92 Å². The third-order valence-corrected chi connectivity index (χ3v) is 1.26. The Morgan fingerprint density at radius 2 is 2.27 bits per heavy atom. The first-order valence-electron chi connectivity index (χ1n) is 3.16. The SMILES string of the molecule is Cc1cccc(B(O)OO)n1. The summed E-state index contributed by atoms with van der Waals surface area (Å²) < 4.78 is 0. The Kier molecular flexibility index (Phi) is 2.59. The maximum absolute atomic E-state index is 8.92. The summed E-state index contributed by atoms with van der Waals surface area (Å²) in [6.45, 7) is 1.79. The summed E-state index contributed by atoms with van der Waals surface area (Å²) in [7, 11) is -1.35. The number of nitrogens with zero attached hydrogens (tertiary/aromatic N) is 1. The maximum Gasteiger partial charge on any atom is 0.541 e. The van der Waals surface area contributed by atoms with Crippen molar-refractivity contribution in [2.24, 2.45) is 0 Å². The molecule has 1 rings (SSSR count). The first-order chi connectivity index (χ1) is 5.24. The van der Waals surface area contributed by atoms with Crippen LogP contribution in [-0.2, 0) is 4.81 Å². The largest absolute Gasteiger partial charge is 0.541 e. The number of hydrogen-bond acceptors (Lipinski definition) is 4. The zero-order valence-corrected chi connectivity index (χ0v) is 6.06. The van der Waals surface area contributed by atoms with Gasteiger partial charge in [0.2, 0.25) is 0 Å². The average molecular weight is 153 g/mol. The zero-order valence-electron chi connectivity index (χ0n) is 6.06. The van der Waals surface area contributed by atoms with Gasteiger partial charge in [-0.25, -0.2) is 0 Å². The molecule has 0 bridgehead atoms. The molecule has 4 nitrogen and oxygen atoms in total. The van der Waals surface area contributed by atoms with Gasteiger partial charge in [-0.1, -0.05) is 6.07 Å². The van der Waals surface area contributed by atoms with Crippen molar-refractivity contribution in [3.05, 3.63) is 23.9 Å². The van der Waals surface area contributed by atoms with E-state index in [4.69, 9.17) is 10.3 Å². The van der Waals surface area contributed by atoms with Crippen LogP contribution in [0.2, 0.25) is 0 Å². The molecule has 5 heteroatoms. The summed E-state index contributed by atoms with van der Waals surface area (Å²) in [5, 5.41) is 17.0. The van der Waals surface area contributed by atoms with E-state index in [2.05, 4.69) is 9.79 Å². The van der Waals surface area contributed by atoms with Crippen molar-refractivity contribution in [2.75, 3.05) is 0 Å². The molecule has 0 radical (unpaired) electrons. The fourth-order valence-electron chi connectivity index (χ4n) is 0.756. The number of hydrogen-bond donors (Lipinski definition) is 2. The molecule has 11 heavy (non-hydrogen) atoms. The van der Waals surface area contributed by atoms with Crippen LogP contribution < -0.4 is 5.59 Å². The van der Waals surface area contributed by atoms with Gasteiger partial charge in [-0.2, -0.15) is 0 Å². The summed E-state index contributed by atoms with van der Waals surface area (Å²) in [5.41, 5.74) is 1.06. The van der Waals surface area contributed by atoms with E-state index in [1.54, 1.807) is 25.1 Å². The van der Waals surface area contributed by atoms with Crippen molar-refractivity contribution < 1.29 is 15.1 Å². The molecule has 58 valence electrons. The molecule has 0 aliphatic rings. The first kappa shape index (κ1) is 8.19. The van der Waals surface area contributed by atoms with Gasteiger partial charge >= 0.3 is 7.12 Å². The van der Waals surface area contributed by atoms with Gasteiger partial charge in [-0.05, 0) is 19.1 Å². The second-order valence-corrected chi connectivity index (χ2v) is 2.16. The lowest BCUT2D eigenvalue weighted by molar-refractivity contribution is -0.154. The molecule has 0 aliphatic heterocycles. The molecule has 0 saturated carbocycles. The predicted molar refractivity (Wildman–Crippen MR) is 40.3 cm³/mol. The minimum Gasteiger partial charge on any atom is -0.421 e. The van der Waals surface area contributed by atoms with E-state index < -0.39 is 7.12 Å². The number of rotatable bonds is 2. The molecule has 1 heterocycles. The van der Waals surface area contributed by atoms with Gasteiger partial charge < -0.3 is 5.02 Å². The third kappa shape index (κ3) is 2.01. The van der Waals surface area contributed by atoms with E-state index in [-0.39, 0.29) is 0 Å². The van der Waals surface area contributed by atoms with E-state index in [9.17, 15) is 0 Å². The summed E-state index contributed by atoms with van der Waals surface area (Å²) >= 11 is 0. The molecule has 0 unspecified atom stereocenters. The Labute approximate surface area is 64.5 Å². The molecule has 0 amide bonds. The Morgan fingerprint density at radius 1 is 1.55 bits per heavy atom. The highest BCUT2D eigenvalue weighted by atomic mass is 17.1. The fourth-order valence-corrected chi connectivity index (χ4v) is 0.756. The van der Waals surface area contributed by atoms with Crippen LogP contribution in [0.4, 0.5) is 0 Å². The van der Waals surface area contributed by atoms with Gasteiger partial charge in [-0.15, -0.1) is 0 Å². The van der Waals surface area contributed by atoms with E-state index in [0.29, 0.717) is 5.59 Å². The Morgan fingerprint density at radius 3 is 2.82 bits per heavy atom. The molecule has 1 aromatic heterocycles. The van der Waals surface area contributed by atoms with Gasteiger partial charge in [0, 0.05) is 5.69 Å². The third-order valence-electron chi connectivity index (χ3n) is 1.26. The summed E-state index contributed by atoms with van der Waals surface area (Å²) in [6, 6.07) is 5.07. The van der Waals surface area contributed by atoms with Gasteiger partial charge in [0.15, 0.2) is 0 Å². The molecular weight excluding hydrogens is 145 g/mol. The second kappa shape index (κ2) is 3.48. The normalized spacial score (nSPS) is 9.73. The number of pyridine rings is 1. The van der Waals surface area contributed by atoms with Gasteiger partial charge in [-0.3, -0.25) is 15.0 Å². The van der Waals surface area contributed by atoms with Gasteiger partial charge in [0.25, 0.3) is 0 Å². The van der Waals surface area contributed by atoms with Crippen molar-refractivity contribution in [3.8, 4) is 0 Å². The van der Waals surface area contributed by atoms with Crippen LogP contribution in [0.3, 0.4) is 0 Å². The Bertz CT molecular complexity index is 243. The lowest BCUT2D eigenvalue weighted by Crippen LogP contribution is -2.35. The lowest BCUT2D eigenvalue weighted by Gasteiger charge is -2.00. The average Bonchev–Trinajstić information content (AvgIpc) is 2.03. The highest BCUT2D eigenvalue weighted by Crippen LogP contribution is 1.88. The van der Waals surface area contributed by atoms with Crippen LogP contribution in [0.25, 0.3) is 0 Å². The highest BCUT2D eigenvalue weighted by Gasteiger charge is 2.17. The first-order valence-corrected chi connectivity index (χ1v) is 3.16. The van der Waals surface area contributed by atoms with Crippen molar-refractivity contribution >= 4 is 12.7 Å². The molecule has 0 fully saturated rings. The predicted octanol–water partition coefficient (Wildman–Crippen LogP) is -0.433. The van der Waals surface area contributed by atoms with Crippen LogP contribution in [0, 0.1) is 6.92 Å². The van der Waals surface area contributed by atoms with Gasteiger partial charge in [0.1, 0.15) is 0 Å². The maximum atomic E-state index is 8.92. The Hall–Kier alpha value is -0.905. The summed E-state index contributed by atoms with van der Waals surface area (Å²) in [5.74, 6) is 0. The molecule has 2 N–H and O–H groups in total. The molecule has 0 aliphatic carbocycles. The monoisotopic (exact) mass is 153 g/mol. The van der Waals surface area contributed by atoms with Crippen LogP contribution in [0.5, 0.6) is 0 Å². The molecule has 0 spiro atoms. The highest BCUT2D eigenvalue weighted by molar-refractivity contribution is 6.58. The Balaban J connectivity index is 2.86. The number of aryl methyl sites for hydroxylation is 1. The quantitative estimate of drug-likeness (QED) is 0.343. The van der Waals surface area contributed by atoms with Crippen molar-refractivity contribution in [3.63, 3.8) is 0 Å². The lowest BCUT2D eigenvalue weighted by atomic mass is 9.85. The minimum atomic E-state index is -1.35. The molecular formula is C6H8BNO3. The van der Waals surface area contributed by atoms with Crippen molar-refractivity contribution in [1.82, 2.24) is 4.98 Å². The molecule has 1 aromatic rings. The van der Waals surface area contributed by atoms with Crippen LogP contribution in [0.15, 0.2) is 18.2 Å². The van der Waals surface area contributed by atoms with E-state index in [1.807, 2.05) is 0 Å². The molecule has 0 saturated heterocycles. The van der Waals surface area contributed by atoms with E-state index in [0.717, 1.165) is 5.69 Å². The topological polar surface area (TPSA) is 62.6 Å². The van der Waals surface area contributed by atoms with Crippen LogP contribution in [-0.4, -0.2) is 22.4 Å². The van der Waals surface area contributed by atoms with E-state index >= 15 is 0 Å². The molecule has 0 atom stereocenters. The second-order valence-electron chi connectivity index (χ2n) is 2.16. The van der Waals surface area contributed by atoms with Gasteiger partial charge in [0.05, 0.1) is 5.59 Å². The zero-order chi connectivity index (χ0) is 8.27. The number of aromatic nitrogens is 1.